The summed E-state index contributed by atoms with van der Waals surface area (Å²) in [7, 11) is 2.19. The highest BCUT2D eigenvalue weighted by Crippen LogP contribution is 2.04. The van der Waals surface area contributed by atoms with Crippen LogP contribution in [-0.2, 0) is 4.74 Å². The molecule has 4 heterocycles. The van der Waals surface area contributed by atoms with Crippen molar-refractivity contribution in [1.29, 1.82) is 0 Å². The van der Waals surface area contributed by atoms with Gasteiger partial charge < -0.3 is 36.0 Å². The molecule has 0 aromatic heterocycles. The Balaban J connectivity index is 0.000000281. The molecule has 4 fully saturated rings. The van der Waals surface area contributed by atoms with Gasteiger partial charge in [0, 0.05) is 92.1 Å². The van der Waals surface area contributed by atoms with E-state index in [1.165, 1.54) is 52.1 Å². The predicted octanol–water partition coefficient (Wildman–Crippen LogP) is -0.544. The van der Waals surface area contributed by atoms with Crippen LogP contribution in [0.2, 0.25) is 0 Å². The summed E-state index contributed by atoms with van der Waals surface area (Å²) in [6.45, 7) is 32.6. The minimum Gasteiger partial charge on any atom is -0.381 e. The first kappa shape index (κ1) is 39.5. The van der Waals surface area contributed by atoms with Crippen LogP contribution < -0.4 is 21.3 Å². The molecule has 0 bridgehead atoms. The second-order valence-electron chi connectivity index (χ2n) is 11.4. The monoisotopic (exact) mass is 603 g/mol. The van der Waals surface area contributed by atoms with E-state index < -0.39 is 0 Å². The highest BCUT2D eigenvalue weighted by molar-refractivity contribution is 4.69. The van der Waals surface area contributed by atoms with Gasteiger partial charge in [0.15, 0.2) is 0 Å². The van der Waals surface area contributed by atoms with E-state index in [1.807, 2.05) is 0 Å². The van der Waals surface area contributed by atoms with Crippen molar-refractivity contribution in [2.45, 2.75) is 40.5 Å². The van der Waals surface area contributed by atoms with Crippen LogP contribution >= 0.6 is 0 Å². The largest absolute Gasteiger partial charge is 0.381 e. The number of nitrogens with one attached hydrogen (secondary N) is 4. The number of hydrogen-bond donors (Lipinski definition) is 5. The summed E-state index contributed by atoms with van der Waals surface area (Å²) in [4.78, 5) is 14.1. The molecular weight excluding hydrogens is 532 g/mol. The number of aliphatic hydroxyl groups is 1. The van der Waals surface area contributed by atoms with Gasteiger partial charge in [-0.15, -0.1) is 0 Å². The van der Waals surface area contributed by atoms with Crippen LogP contribution in [0.1, 0.15) is 40.5 Å². The number of hydrogen-bond acceptors (Lipinski definition) is 12. The van der Waals surface area contributed by atoms with E-state index in [1.54, 1.807) is 0 Å². The summed E-state index contributed by atoms with van der Waals surface area (Å²) in [6, 6.07) is 0. The quantitative estimate of drug-likeness (QED) is 0.187. The Morgan fingerprint density at radius 2 is 0.810 bits per heavy atom. The van der Waals surface area contributed by atoms with Gasteiger partial charge >= 0.3 is 0 Å². The van der Waals surface area contributed by atoms with Crippen LogP contribution in [0.4, 0.5) is 0 Å². The molecule has 0 aromatic carbocycles. The summed E-state index contributed by atoms with van der Waals surface area (Å²) < 4.78 is 5.21. The summed E-state index contributed by atoms with van der Waals surface area (Å²) in [6.07, 6.45) is 2.79. The zero-order chi connectivity index (χ0) is 30.7. The number of ether oxygens (including phenoxy) is 1. The first-order valence-corrected chi connectivity index (χ1v) is 16.9. The number of piperazine rings is 2. The molecule has 12 heteroatoms. The lowest BCUT2D eigenvalue weighted by atomic mass is 10.3. The van der Waals surface area contributed by atoms with Gasteiger partial charge in [-0.2, -0.15) is 0 Å². The third-order valence-electron chi connectivity index (χ3n) is 7.90. The molecule has 0 aromatic rings. The summed E-state index contributed by atoms with van der Waals surface area (Å²) in [5.41, 5.74) is 0. The van der Waals surface area contributed by atoms with E-state index in [2.05, 4.69) is 85.4 Å². The maximum Gasteiger partial charge on any atom is 0.0957 e. The third-order valence-corrected chi connectivity index (χ3v) is 7.90. The number of morpholine rings is 1. The molecule has 0 aliphatic carbocycles. The molecule has 12 nitrogen and oxygen atoms in total. The lowest BCUT2D eigenvalue weighted by molar-refractivity contribution is 0.0344. The molecule has 0 amide bonds. The van der Waals surface area contributed by atoms with Crippen LogP contribution in [0.3, 0.4) is 0 Å². The SMILES string of the molecule is CCNCN1CCCC1.CCNCN1CCN(C)CC1.CCNCN1CCN(CO)CC1.CCNCN1CCOCC1. The van der Waals surface area contributed by atoms with Crippen LogP contribution in [0.25, 0.3) is 0 Å². The highest BCUT2D eigenvalue weighted by Gasteiger charge is 2.15. The number of likely N-dealkylation sites (N-methyl/N-ethyl adjacent to an activating group) is 1. The van der Waals surface area contributed by atoms with E-state index in [0.717, 1.165) is 105 Å². The first-order valence-electron chi connectivity index (χ1n) is 16.9. The molecule has 4 rings (SSSR count). The Morgan fingerprint density at radius 3 is 1.19 bits per heavy atom. The standard InChI is InChI=1S/C8H19N3O.C8H19N3.C7H16N2O.C7H16N2/c1-2-9-7-10-3-5-11(8-12)6-4-10;1-3-9-8-11-6-4-10(2)5-7-11;1-2-8-7-9-3-5-10-6-4-9;1-2-8-7-9-5-3-4-6-9/h9,12H,2-8H2,1H3;9H,3-8H2,1-2H3;8H,2-7H2,1H3;8H,2-7H2,1H3. The number of rotatable bonds is 13. The van der Waals surface area contributed by atoms with Gasteiger partial charge in [-0.3, -0.25) is 24.5 Å². The Morgan fingerprint density at radius 1 is 0.476 bits per heavy atom. The van der Waals surface area contributed by atoms with Crippen molar-refractivity contribution in [3.05, 3.63) is 0 Å². The molecule has 5 N–H and O–H groups in total. The normalized spacial score (nSPS) is 21.6. The molecule has 42 heavy (non-hydrogen) atoms. The van der Waals surface area contributed by atoms with Gasteiger partial charge in [-0.05, 0) is 59.2 Å². The molecule has 0 spiro atoms. The van der Waals surface area contributed by atoms with Crippen molar-refractivity contribution in [1.82, 2.24) is 50.7 Å². The fraction of sp³-hybridized carbons (Fsp3) is 1.00. The predicted molar refractivity (Wildman–Crippen MR) is 177 cm³/mol. The molecule has 252 valence electrons. The maximum absolute atomic E-state index is 8.85. The van der Waals surface area contributed by atoms with Crippen molar-refractivity contribution in [2.75, 3.05) is 158 Å². The highest BCUT2D eigenvalue weighted by atomic mass is 16.5. The average Bonchev–Trinajstić information content (AvgIpc) is 3.57. The Labute approximate surface area is 259 Å². The molecule has 4 saturated heterocycles. The van der Waals surface area contributed by atoms with E-state index in [9.17, 15) is 0 Å². The fourth-order valence-electron chi connectivity index (χ4n) is 4.87. The second kappa shape index (κ2) is 28.0. The Bertz CT molecular complexity index is 549. The van der Waals surface area contributed by atoms with Gasteiger partial charge in [0.1, 0.15) is 0 Å². The van der Waals surface area contributed by atoms with E-state index in [4.69, 9.17) is 9.84 Å². The molecule has 0 atom stereocenters. The molecule has 4 aliphatic rings. The Kier molecular flexibility index (Phi) is 26.4. The zero-order valence-electron chi connectivity index (χ0n) is 28.2. The van der Waals surface area contributed by atoms with Crippen LogP contribution in [-0.4, -0.2) is 193 Å². The average molecular weight is 603 g/mol. The van der Waals surface area contributed by atoms with Crippen LogP contribution in [0, 0.1) is 0 Å². The lowest BCUT2D eigenvalue weighted by Crippen LogP contribution is -2.49. The number of nitrogens with zero attached hydrogens (tertiary/aromatic N) is 6. The lowest BCUT2D eigenvalue weighted by Gasteiger charge is -2.33. The minimum absolute atomic E-state index is 0.203. The molecule has 0 radical (unpaired) electrons. The maximum atomic E-state index is 8.85. The minimum atomic E-state index is 0.203. The Hall–Kier alpha value is -0.480. The first-order chi connectivity index (χ1) is 20.6. The number of aliphatic hydroxyl groups excluding tert-OH is 1. The van der Waals surface area contributed by atoms with E-state index >= 15 is 0 Å². The van der Waals surface area contributed by atoms with Gasteiger partial charge in [0.05, 0.1) is 19.9 Å². The van der Waals surface area contributed by atoms with Crippen molar-refractivity contribution in [3.8, 4) is 0 Å². The van der Waals surface area contributed by atoms with Crippen molar-refractivity contribution >= 4 is 0 Å². The molecule has 0 unspecified atom stereocenters. The smallest absolute Gasteiger partial charge is 0.0957 e. The van der Waals surface area contributed by atoms with Crippen molar-refractivity contribution in [3.63, 3.8) is 0 Å². The molecular formula is C30H70N10O2. The zero-order valence-corrected chi connectivity index (χ0v) is 28.2. The summed E-state index contributed by atoms with van der Waals surface area (Å²) in [5, 5.41) is 22.1. The molecule has 0 saturated carbocycles. The van der Waals surface area contributed by atoms with Crippen molar-refractivity contribution < 1.29 is 9.84 Å². The fourth-order valence-corrected chi connectivity index (χ4v) is 4.87. The van der Waals surface area contributed by atoms with Gasteiger partial charge in [0.2, 0.25) is 0 Å². The molecule has 4 aliphatic heterocycles. The van der Waals surface area contributed by atoms with Gasteiger partial charge in [-0.25, -0.2) is 0 Å². The van der Waals surface area contributed by atoms with Crippen LogP contribution in [0.5, 0.6) is 0 Å². The van der Waals surface area contributed by atoms with E-state index in [-0.39, 0.29) is 6.73 Å². The van der Waals surface area contributed by atoms with Crippen LogP contribution in [0.15, 0.2) is 0 Å². The van der Waals surface area contributed by atoms with E-state index in [0.29, 0.717) is 0 Å². The summed E-state index contributed by atoms with van der Waals surface area (Å²) >= 11 is 0. The topological polar surface area (TPSA) is 97.0 Å². The van der Waals surface area contributed by atoms with Gasteiger partial charge in [-0.1, -0.05) is 27.7 Å². The second-order valence-corrected chi connectivity index (χ2v) is 11.4. The number of likely N-dealkylation sites (tertiary alicyclic amines) is 1. The van der Waals surface area contributed by atoms with Gasteiger partial charge in [0.25, 0.3) is 0 Å². The van der Waals surface area contributed by atoms with Crippen molar-refractivity contribution in [2.24, 2.45) is 0 Å². The summed E-state index contributed by atoms with van der Waals surface area (Å²) in [5.74, 6) is 0. The third kappa shape index (κ3) is 21.3.